The normalized spacial score (nSPS) is 15.3. The molecule has 6 heteroatoms. The third-order valence-electron chi connectivity index (χ3n) is 3.85. The molecule has 1 saturated carbocycles. The lowest BCUT2D eigenvalue weighted by Crippen LogP contribution is -2.21. The van der Waals surface area contributed by atoms with Gasteiger partial charge in [0.15, 0.2) is 5.69 Å². The van der Waals surface area contributed by atoms with Gasteiger partial charge in [0.05, 0.1) is 11.9 Å². The van der Waals surface area contributed by atoms with E-state index in [0.29, 0.717) is 11.7 Å². The number of hydrogen-bond acceptors (Lipinski definition) is 2. The largest absolute Gasteiger partial charge is 0.433 e. The highest BCUT2D eigenvalue weighted by molar-refractivity contribution is 5.44. The number of rotatable bonds is 4. The van der Waals surface area contributed by atoms with Gasteiger partial charge in [-0.25, -0.2) is 4.68 Å². The summed E-state index contributed by atoms with van der Waals surface area (Å²) in [5.74, 6) is 0. The van der Waals surface area contributed by atoms with Crippen molar-refractivity contribution in [3.8, 4) is 5.69 Å². The van der Waals surface area contributed by atoms with E-state index in [9.17, 15) is 13.2 Å². The van der Waals surface area contributed by atoms with Crippen LogP contribution in [0.25, 0.3) is 5.69 Å². The van der Waals surface area contributed by atoms with Crippen LogP contribution in [0.15, 0.2) is 24.4 Å². The summed E-state index contributed by atoms with van der Waals surface area (Å²) in [7, 11) is 0. The third-order valence-corrected chi connectivity index (χ3v) is 3.85. The fourth-order valence-corrected chi connectivity index (χ4v) is 2.58. The molecular weight excluding hydrogens is 291 g/mol. The van der Waals surface area contributed by atoms with Crippen LogP contribution in [-0.4, -0.2) is 15.8 Å². The zero-order chi connectivity index (χ0) is 15.9. The number of aryl methyl sites for hydroxylation is 2. The molecule has 0 saturated heterocycles. The van der Waals surface area contributed by atoms with Crippen LogP contribution in [0.5, 0.6) is 0 Å². The maximum absolute atomic E-state index is 13.5. The van der Waals surface area contributed by atoms with Gasteiger partial charge in [0.2, 0.25) is 0 Å². The minimum absolute atomic E-state index is 0.194. The lowest BCUT2D eigenvalue weighted by atomic mass is 10.1. The van der Waals surface area contributed by atoms with E-state index in [-0.39, 0.29) is 12.1 Å². The topological polar surface area (TPSA) is 29.9 Å². The summed E-state index contributed by atoms with van der Waals surface area (Å²) < 4.78 is 41.5. The van der Waals surface area contributed by atoms with Crippen LogP contribution in [0.2, 0.25) is 0 Å². The first-order valence-electron chi connectivity index (χ1n) is 7.31. The van der Waals surface area contributed by atoms with Crippen LogP contribution in [0.1, 0.15) is 35.2 Å². The fourth-order valence-electron chi connectivity index (χ4n) is 2.58. The second-order valence-corrected chi connectivity index (χ2v) is 5.87. The second-order valence-electron chi connectivity index (χ2n) is 5.87. The molecule has 1 aromatic heterocycles. The first-order valence-corrected chi connectivity index (χ1v) is 7.31. The van der Waals surface area contributed by atoms with Crippen LogP contribution >= 0.6 is 0 Å². The van der Waals surface area contributed by atoms with E-state index < -0.39 is 11.9 Å². The first-order chi connectivity index (χ1) is 10.4. The molecule has 1 fully saturated rings. The van der Waals surface area contributed by atoms with Gasteiger partial charge in [0.1, 0.15) is 0 Å². The van der Waals surface area contributed by atoms with E-state index in [2.05, 4.69) is 10.4 Å². The molecule has 1 aliphatic carbocycles. The molecule has 3 nitrogen and oxygen atoms in total. The van der Waals surface area contributed by atoms with E-state index in [0.717, 1.165) is 28.7 Å². The lowest BCUT2D eigenvalue weighted by molar-refractivity contribution is -0.143. The Morgan fingerprint density at radius 1 is 1.27 bits per heavy atom. The third kappa shape index (κ3) is 3.02. The van der Waals surface area contributed by atoms with Crippen molar-refractivity contribution in [2.24, 2.45) is 0 Å². The van der Waals surface area contributed by atoms with Gasteiger partial charge >= 0.3 is 6.18 Å². The van der Waals surface area contributed by atoms with Crippen LogP contribution in [0.3, 0.4) is 0 Å². The number of nitrogens with zero attached hydrogens (tertiary/aromatic N) is 2. The quantitative estimate of drug-likeness (QED) is 0.932. The molecule has 118 valence electrons. The van der Waals surface area contributed by atoms with Crippen molar-refractivity contribution in [3.05, 3.63) is 46.8 Å². The van der Waals surface area contributed by atoms with Gasteiger partial charge in [0.25, 0.3) is 0 Å². The number of benzene rings is 1. The van der Waals surface area contributed by atoms with Gasteiger partial charge in [-0.1, -0.05) is 17.7 Å². The molecule has 0 amide bonds. The Morgan fingerprint density at radius 3 is 2.59 bits per heavy atom. The van der Waals surface area contributed by atoms with Gasteiger partial charge in [-0.15, -0.1) is 0 Å². The van der Waals surface area contributed by atoms with Crippen molar-refractivity contribution in [3.63, 3.8) is 0 Å². The fraction of sp³-hybridized carbons (Fsp3) is 0.438. The van der Waals surface area contributed by atoms with Gasteiger partial charge in [-0.05, 0) is 38.3 Å². The van der Waals surface area contributed by atoms with E-state index in [1.165, 1.54) is 6.20 Å². The minimum Gasteiger partial charge on any atom is -0.310 e. The molecule has 0 spiro atoms. The summed E-state index contributed by atoms with van der Waals surface area (Å²) in [4.78, 5) is 0. The van der Waals surface area contributed by atoms with Crippen molar-refractivity contribution >= 4 is 0 Å². The Kier molecular flexibility index (Phi) is 3.72. The Labute approximate surface area is 127 Å². The highest BCUT2D eigenvalue weighted by Gasteiger charge is 2.39. The van der Waals surface area contributed by atoms with E-state index in [1.54, 1.807) is 19.1 Å². The molecule has 0 bridgehead atoms. The standard InChI is InChI=1S/C16H18F3N3/c1-10-3-6-14(11(2)7-10)22-15(16(17,18)19)12(9-21-22)8-20-13-4-5-13/h3,6-7,9,13,20H,4-5,8H2,1-2H3. The maximum atomic E-state index is 13.5. The van der Waals surface area contributed by atoms with Crippen LogP contribution in [-0.2, 0) is 12.7 Å². The van der Waals surface area contributed by atoms with Gasteiger partial charge in [0, 0.05) is 18.2 Å². The second kappa shape index (κ2) is 5.43. The Balaban J connectivity index is 2.02. The summed E-state index contributed by atoms with van der Waals surface area (Å²) in [5, 5.41) is 7.12. The van der Waals surface area contributed by atoms with E-state index in [1.807, 2.05) is 13.0 Å². The molecule has 1 aliphatic rings. The summed E-state index contributed by atoms with van der Waals surface area (Å²) in [6, 6.07) is 5.70. The predicted octanol–water partition coefficient (Wildman–Crippen LogP) is 3.76. The highest BCUT2D eigenvalue weighted by atomic mass is 19.4. The monoisotopic (exact) mass is 309 g/mol. The number of halogens is 3. The summed E-state index contributed by atoms with van der Waals surface area (Å²) in [6.45, 7) is 3.91. The number of hydrogen-bond donors (Lipinski definition) is 1. The average molecular weight is 309 g/mol. The lowest BCUT2D eigenvalue weighted by Gasteiger charge is -2.15. The van der Waals surface area contributed by atoms with Gasteiger partial charge in [-0.3, -0.25) is 0 Å². The number of aromatic nitrogens is 2. The SMILES string of the molecule is Cc1ccc(-n2ncc(CNC3CC3)c2C(F)(F)F)c(C)c1. The molecule has 0 atom stereocenters. The summed E-state index contributed by atoms with van der Waals surface area (Å²) in [5.41, 5.74) is 1.76. The van der Waals surface area contributed by atoms with E-state index in [4.69, 9.17) is 0 Å². The van der Waals surface area contributed by atoms with Crippen molar-refractivity contribution in [1.82, 2.24) is 15.1 Å². The maximum Gasteiger partial charge on any atom is 0.433 e. The van der Waals surface area contributed by atoms with Crippen molar-refractivity contribution in [2.75, 3.05) is 0 Å². The Morgan fingerprint density at radius 2 is 2.00 bits per heavy atom. The predicted molar refractivity (Wildman–Crippen MR) is 77.9 cm³/mol. The zero-order valence-corrected chi connectivity index (χ0v) is 12.5. The van der Waals surface area contributed by atoms with Crippen molar-refractivity contribution in [1.29, 1.82) is 0 Å². The molecule has 1 heterocycles. The van der Waals surface area contributed by atoms with Crippen molar-refractivity contribution < 1.29 is 13.2 Å². The molecule has 1 aromatic carbocycles. The molecule has 1 N–H and O–H groups in total. The zero-order valence-electron chi connectivity index (χ0n) is 12.5. The minimum atomic E-state index is -4.44. The molecular formula is C16H18F3N3. The molecule has 2 aromatic rings. The molecule has 0 unspecified atom stereocenters. The number of alkyl halides is 3. The Bertz CT molecular complexity index is 684. The van der Waals surface area contributed by atoms with Crippen LogP contribution < -0.4 is 5.32 Å². The molecule has 0 aliphatic heterocycles. The van der Waals surface area contributed by atoms with Gasteiger partial charge in [-0.2, -0.15) is 18.3 Å². The summed E-state index contributed by atoms with van der Waals surface area (Å²) in [6.07, 6.45) is -1.05. The van der Waals surface area contributed by atoms with Crippen LogP contribution in [0, 0.1) is 13.8 Å². The smallest absolute Gasteiger partial charge is 0.310 e. The molecule has 22 heavy (non-hydrogen) atoms. The van der Waals surface area contributed by atoms with Gasteiger partial charge < -0.3 is 5.32 Å². The number of nitrogens with one attached hydrogen (secondary N) is 1. The average Bonchev–Trinajstić information content (AvgIpc) is 3.14. The van der Waals surface area contributed by atoms with E-state index >= 15 is 0 Å². The molecule has 3 rings (SSSR count). The molecule has 0 radical (unpaired) electrons. The summed E-state index contributed by atoms with van der Waals surface area (Å²) >= 11 is 0. The Hall–Kier alpha value is -1.82. The highest BCUT2D eigenvalue weighted by Crippen LogP contribution is 2.34. The first kappa shape index (κ1) is 15.1. The van der Waals surface area contributed by atoms with Crippen molar-refractivity contribution in [2.45, 2.75) is 45.5 Å². The van der Waals surface area contributed by atoms with Crippen LogP contribution in [0.4, 0.5) is 13.2 Å².